The van der Waals surface area contributed by atoms with Crippen molar-refractivity contribution in [2.45, 2.75) is 0 Å². The molecule has 9 heteroatoms. The molecular weight excluding hydrogens is 373 g/mol. The summed E-state index contributed by atoms with van der Waals surface area (Å²) >= 11 is 2.05. The number of benzene rings is 1. The summed E-state index contributed by atoms with van der Waals surface area (Å²) in [6.45, 7) is 0. The molecule has 0 spiro atoms. The number of nitrogens with zero attached hydrogens (tertiary/aromatic N) is 6. The van der Waals surface area contributed by atoms with Crippen LogP contribution in [0.15, 0.2) is 24.3 Å². The lowest BCUT2D eigenvalue weighted by Gasteiger charge is -2.09. The van der Waals surface area contributed by atoms with E-state index < -0.39 is 0 Å². The van der Waals surface area contributed by atoms with Gasteiger partial charge in [-0.1, -0.05) is 0 Å². The second-order valence-electron chi connectivity index (χ2n) is 3.79. The Bertz CT molecular complexity index is 815. The van der Waals surface area contributed by atoms with Crippen molar-refractivity contribution in [3.8, 4) is 17.7 Å². The summed E-state index contributed by atoms with van der Waals surface area (Å²) in [5.74, 6) is 0.753. The average molecular weight is 379 g/mol. The molecule has 0 amide bonds. The first-order valence-electron chi connectivity index (χ1n) is 5.40. The van der Waals surface area contributed by atoms with E-state index in [1.165, 1.54) is 4.63 Å². The molecule has 2 heterocycles. The lowest BCUT2D eigenvalue weighted by Crippen LogP contribution is -2.00. The van der Waals surface area contributed by atoms with Crippen LogP contribution in [0.4, 0.5) is 5.69 Å². The highest BCUT2D eigenvalue weighted by molar-refractivity contribution is 14.1. The average Bonchev–Trinajstić information content (AvgIpc) is 2.90. The van der Waals surface area contributed by atoms with Crippen LogP contribution >= 0.6 is 22.6 Å². The Morgan fingerprint density at radius 1 is 1.35 bits per heavy atom. The van der Waals surface area contributed by atoms with E-state index in [2.05, 4.69) is 20.6 Å². The van der Waals surface area contributed by atoms with E-state index in [9.17, 15) is 0 Å². The monoisotopic (exact) mass is 379 g/mol. The van der Waals surface area contributed by atoms with Crippen LogP contribution in [-0.4, -0.2) is 25.3 Å². The van der Waals surface area contributed by atoms with Gasteiger partial charge >= 0.3 is 0 Å². The molecule has 0 unspecified atom stereocenters. The van der Waals surface area contributed by atoms with Crippen molar-refractivity contribution in [1.82, 2.24) is 25.3 Å². The standard InChI is InChI=1S/C11H6IN7O/c12-7-3-6(5-13)4-8(14)11(7)20-10-2-1-9-15-17-18-19(9)16-10/h1-4H,14H2. The van der Waals surface area contributed by atoms with Gasteiger partial charge in [0, 0.05) is 6.07 Å². The molecule has 2 aromatic heterocycles. The summed E-state index contributed by atoms with van der Waals surface area (Å²) in [7, 11) is 0. The number of fused-ring (bicyclic) bond motifs is 1. The van der Waals surface area contributed by atoms with Gasteiger partial charge < -0.3 is 10.5 Å². The van der Waals surface area contributed by atoms with Gasteiger partial charge in [-0.2, -0.15) is 5.26 Å². The number of hydrogen-bond acceptors (Lipinski definition) is 7. The van der Waals surface area contributed by atoms with Crippen molar-refractivity contribution >= 4 is 33.9 Å². The summed E-state index contributed by atoms with van der Waals surface area (Å²) in [5.41, 5.74) is 7.24. The topological polar surface area (TPSA) is 115 Å². The van der Waals surface area contributed by atoms with E-state index in [0.29, 0.717) is 28.5 Å². The van der Waals surface area contributed by atoms with E-state index in [1.54, 1.807) is 24.3 Å². The highest BCUT2D eigenvalue weighted by Gasteiger charge is 2.11. The van der Waals surface area contributed by atoms with Crippen molar-refractivity contribution in [3.05, 3.63) is 33.4 Å². The Balaban J connectivity index is 2.00. The lowest BCUT2D eigenvalue weighted by molar-refractivity contribution is 0.446. The predicted molar refractivity (Wildman–Crippen MR) is 76.9 cm³/mol. The molecule has 98 valence electrons. The number of halogens is 1. The Morgan fingerprint density at radius 2 is 2.20 bits per heavy atom. The Hall–Kier alpha value is -2.48. The minimum absolute atomic E-state index is 0.305. The quantitative estimate of drug-likeness (QED) is 0.528. The molecule has 0 bridgehead atoms. The second kappa shape index (κ2) is 4.89. The molecular formula is C11H6IN7O. The highest BCUT2D eigenvalue weighted by Crippen LogP contribution is 2.32. The molecule has 0 saturated carbocycles. The van der Waals surface area contributed by atoms with Crippen LogP contribution in [0, 0.1) is 14.9 Å². The fourth-order valence-electron chi connectivity index (χ4n) is 1.58. The molecule has 0 saturated heterocycles. The van der Waals surface area contributed by atoms with Gasteiger partial charge in [0.1, 0.15) is 0 Å². The number of nitrogens with two attached hydrogens (primary N) is 1. The van der Waals surface area contributed by atoms with Gasteiger partial charge in [0.15, 0.2) is 11.4 Å². The number of rotatable bonds is 2. The zero-order chi connectivity index (χ0) is 14.1. The first kappa shape index (κ1) is 12.5. The molecule has 8 nitrogen and oxygen atoms in total. The third kappa shape index (κ3) is 2.21. The molecule has 2 N–H and O–H groups in total. The molecule has 0 atom stereocenters. The number of nitriles is 1. The minimum Gasteiger partial charge on any atom is -0.434 e. The normalized spacial score (nSPS) is 10.4. The van der Waals surface area contributed by atoms with Gasteiger partial charge in [0.25, 0.3) is 0 Å². The summed E-state index contributed by atoms with van der Waals surface area (Å²) in [5, 5.41) is 23.9. The van der Waals surface area contributed by atoms with Gasteiger partial charge in [-0.25, -0.2) is 0 Å². The van der Waals surface area contributed by atoms with Crippen molar-refractivity contribution in [1.29, 1.82) is 5.26 Å². The van der Waals surface area contributed by atoms with E-state index in [-0.39, 0.29) is 0 Å². The highest BCUT2D eigenvalue weighted by atomic mass is 127. The van der Waals surface area contributed by atoms with Crippen LogP contribution < -0.4 is 10.5 Å². The van der Waals surface area contributed by atoms with Gasteiger partial charge in [-0.3, -0.25) is 0 Å². The van der Waals surface area contributed by atoms with Crippen LogP contribution in [0.5, 0.6) is 11.6 Å². The number of nitrogen functional groups attached to an aromatic ring is 1. The summed E-state index contributed by atoms with van der Waals surface area (Å²) in [4.78, 5) is 0. The fourth-order valence-corrected chi connectivity index (χ4v) is 2.34. The molecule has 0 aliphatic carbocycles. The number of hydrogen-bond donors (Lipinski definition) is 1. The molecule has 0 radical (unpaired) electrons. The van der Waals surface area contributed by atoms with Gasteiger partial charge in [-0.15, -0.1) is 14.8 Å². The minimum atomic E-state index is 0.305. The number of tetrazole rings is 1. The maximum atomic E-state index is 8.87. The number of anilines is 1. The van der Waals surface area contributed by atoms with Crippen LogP contribution in [-0.2, 0) is 0 Å². The van der Waals surface area contributed by atoms with Crippen molar-refractivity contribution in [3.63, 3.8) is 0 Å². The van der Waals surface area contributed by atoms with E-state index in [1.807, 2.05) is 28.7 Å². The van der Waals surface area contributed by atoms with Crippen molar-refractivity contribution < 1.29 is 4.74 Å². The van der Waals surface area contributed by atoms with Crippen LogP contribution in [0.2, 0.25) is 0 Å². The molecule has 0 fully saturated rings. The van der Waals surface area contributed by atoms with Crippen LogP contribution in [0.25, 0.3) is 5.65 Å². The number of aromatic nitrogens is 5. The lowest BCUT2D eigenvalue weighted by atomic mass is 10.2. The smallest absolute Gasteiger partial charge is 0.239 e. The Labute approximate surface area is 126 Å². The summed E-state index contributed by atoms with van der Waals surface area (Å²) in [6.07, 6.45) is 0. The van der Waals surface area contributed by atoms with Crippen LogP contribution in [0.3, 0.4) is 0 Å². The van der Waals surface area contributed by atoms with Crippen molar-refractivity contribution in [2.24, 2.45) is 0 Å². The summed E-state index contributed by atoms with van der Waals surface area (Å²) in [6, 6.07) is 8.58. The van der Waals surface area contributed by atoms with E-state index in [4.69, 9.17) is 15.7 Å². The first-order valence-corrected chi connectivity index (χ1v) is 6.47. The largest absolute Gasteiger partial charge is 0.434 e. The molecule has 3 aromatic rings. The fraction of sp³-hybridized carbons (Fsp3) is 0. The zero-order valence-electron chi connectivity index (χ0n) is 9.86. The second-order valence-corrected chi connectivity index (χ2v) is 4.95. The molecule has 0 aliphatic heterocycles. The number of ether oxygens (including phenoxy) is 1. The predicted octanol–water partition coefficient (Wildman–Crippen LogP) is 1.37. The maximum Gasteiger partial charge on any atom is 0.239 e. The van der Waals surface area contributed by atoms with E-state index >= 15 is 0 Å². The zero-order valence-corrected chi connectivity index (χ0v) is 12.0. The maximum absolute atomic E-state index is 8.87. The summed E-state index contributed by atoms with van der Waals surface area (Å²) < 4.78 is 7.62. The van der Waals surface area contributed by atoms with Crippen molar-refractivity contribution in [2.75, 3.05) is 5.73 Å². The molecule has 20 heavy (non-hydrogen) atoms. The van der Waals surface area contributed by atoms with Gasteiger partial charge in [-0.05, 0) is 51.2 Å². The van der Waals surface area contributed by atoms with Gasteiger partial charge in [0.05, 0.1) is 20.9 Å². The molecule has 1 aromatic carbocycles. The molecule has 0 aliphatic rings. The Kier molecular flexibility index (Phi) is 3.07. The van der Waals surface area contributed by atoms with Gasteiger partial charge in [0.2, 0.25) is 5.88 Å². The Morgan fingerprint density at radius 3 is 2.95 bits per heavy atom. The van der Waals surface area contributed by atoms with Crippen LogP contribution in [0.1, 0.15) is 5.56 Å². The van der Waals surface area contributed by atoms with E-state index in [0.717, 1.165) is 3.57 Å². The molecule has 3 rings (SSSR count). The third-order valence-corrected chi connectivity index (χ3v) is 3.25. The first-order chi connectivity index (χ1) is 9.67. The third-order valence-electron chi connectivity index (χ3n) is 2.45. The SMILES string of the molecule is N#Cc1cc(N)c(Oc2ccc3nnnn3n2)c(I)c1.